The fourth-order valence-corrected chi connectivity index (χ4v) is 3.85. The van der Waals surface area contributed by atoms with Crippen LogP contribution in [-0.4, -0.2) is 28.6 Å². The van der Waals surface area contributed by atoms with Crippen molar-refractivity contribution in [1.82, 2.24) is 9.78 Å². The van der Waals surface area contributed by atoms with Gasteiger partial charge >= 0.3 is 0 Å². The SMILES string of the molecule is COc1ccc(-n2[nH]c(C)c(C(C)=NC3Cc4ccccc4C3)c2=O)cc1. The van der Waals surface area contributed by atoms with Gasteiger partial charge in [-0.15, -0.1) is 0 Å². The van der Waals surface area contributed by atoms with Crippen molar-refractivity contribution in [3.05, 3.63) is 81.3 Å². The molecule has 0 amide bonds. The lowest BCUT2D eigenvalue weighted by Crippen LogP contribution is -2.20. The number of H-pyrrole nitrogens is 1. The number of nitrogens with one attached hydrogen (secondary N) is 1. The van der Waals surface area contributed by atoms with E-state index in [1.54, 1.807) is 11.8 Å². The fourth-order valence-electron chi connectivity index (χ4n) is 3.85. The lowest BCUT2D eigenvalue weighted by Gasteiger charge is -2.05. The lowest BCUT2D eigenvalue weighted by molar-refractivity contribution is 0.414. The number of ether oxygens (including phenoxy) is 1. The summed E-state index contributed by atoms with van der Waals surface area (Å²) in [4.78, 5) is 17.9. The van der Waals surface area contributed by atoms with Crippen LogP contribution in [0.25, 0.3) is 5.69 Å². The predicted molar refractivity (Wildman–Crippen MR) is 108 cm³/mol. The van der Waals surface area contributed by atoms with Crippen LogP contribution in [0.15, 0.2) is 58.3 Å². The summed E-state index contributed by atoms with van der Waals surface area (Å²) in [5.41, 5.74) is 5.69. The molecule has 0 atom stereocenters. The van der Waals surface area contributed by atoms with Gasteiger partial charge in [0.05, 0.1) is 24.4 Å². The zero-order chi connectivity index (χ0) is 19.0. The van der Waals surface area contributed by atoms with Crippen LogP contribution in [0.5, 0.6) is 5.75 Å². The van der Waals surface area contributed by atoms with E-state index in [1.165, 1.54) is 11.1 Å². The van der Waals surface area contributed by atoms with E-state index in [-0.39, 0.29) is 11.6 Å². The molecule has 1 aliphatic rings. The Morgan fingerprint density at radius 2 is 1.74 bits per heavy atom. The maximum absolute atomic E-state index is 13.0. The van der Waals surface area contributed by atoms with E-state index in [2.05, 4.69) is 29.4 Å². The number of methoxy groups -OCH3 is 1. The Labute approximate surface area is 158 Å². The molecule has 0 saturated heterocycles. The first-order valence-corrected chi connectivity index (χ1v) is 9.14. The number of benzene rings is 2. The van der Waals surface area contributed by atoms with Crippen molar-refractivity contribution in [3.8, 4) is 11.4 Å². The van der Waals surface area contributed by atoms with E-state index in [0.717, 1.165) is 35.7 Å². The van der Waals surface area contributed by atoms with Crippen molar-refractivity contribution in [3.63, 3.8) is 0 Å². The minimum atomic E-state index is -0.0746. The Morgan fingerprint density at radius 1 is 1.11 bits per heavy atom. The first kappa shape index (κ1) is 17.3. The molecule has 0 spiro atoms. The van der Waals surface area contributed by atoms with Crippen molar-refractivity contribution < 1.29 is 4.74 Å². The van der Waals surface area contributed by atoms with Crippen LogP contribution in [0, 0.1) is 6.92 Å². The second kappa shape index (κ2) is 6.91. The molecule has 1 aromatic heterocycles. The highest BCUT2D eigenvalue weighted by Crippen LogP contribution is 2.24. The van der Waals surface area contributed by atoms with Gasteiger partial charge in [0.15, 0.2) is 0 Å². The third-order valence-corrected chi connectivity index (χ3v) is 5.17. The van der Waals surface area contributed by atoms with Gasteiger partial charge in [0.2, 0.25) is 0 Å². The van der Waals surface area contributed by atoms with Gasteiger partial charge in [-0.1, -0.05) is 24.3 Å². The third-order valence-electron chi connectivity index (χ3n) is 5.17. The summed E-state index contributed by atoms with van der Waals surface area (Å²) in [6, 6.07) is 16.1. The van der Waals surface area contributed by atoms with Crippen molar-refractivity contribution in [1.29, 1.82) is 0 Å². The van der Waals surface area contributed by atoms with Crippen LogP contribution >= 0.6 is 0 Å². The number of hydrogen-bond donors (Lipinski definition) is 1. The molecule has 138 valence electrons. The van der Waals surface area contributed by atoms with Crippen LogP contribution in [0.2, 0.25) is 0 Å². The molecule has 2 aromatic carbocycles. The quantitative estimate of drug-likeness (QED) is 0.724. The van der Waals surface area contributed by atoms with E-state index < -0.39 is 0 Å². The first-order valence-electron chi connectivity index (χ1n) is 9.14. The van der Waals surface area contributed by atoms with Gasteiger partial charge in [-0.3, -0.25) is 14.9 Å². The Morgan fingerprint density at radius 3 is 2.33 bits per heavy atom. The van der Waals surface area contributed by atoms with Gasteiger partial charge in [0, 0.05) is 11.4 Å². The molecule has 5 heteroatoms. The van der Waals surface area contributed by atoms with Crippen LogP contribution < -0.4 is 10.3 Å². The van der Waals surface area contributed by atoms with Crippen molar-refractivity contribution in [2.75, 3.05) is 7.11 Å². The summed E-state index contributed by atoms with van der Waals surface area (Å²) in [6.07, 6.45) is 1.87. The highest BCUT2D eigenvalue weighted by molar-refractivity contribution is 5.99. The molecule has 0 bridgehead atoms. The fraction of sp³-hybridized carbons (Fsp3) is 0.273. The van der Waals surface area contributed by atoms with E-state index >= 15 is 0 Å². The summed E-state index contributed by atoms with van der Waals surface area (Å²) < 4.78 is 6.75. The average molecular weight is 361 g/mol. The maximum Gasteiger partial charge on any atom is 0.280 e. The highest BCUT2D eigenvalue weighted by Gasteiger charge is 2.22. The normalized spacial score (nSPS) is 14.4. The van der Waals surface area contributed by atoms with E-state index in [0.29, 0.717) is 5.56 Å². The summed E-state index contributed by atoms with van der Waals surface area (Å²) in [5.74, 6) is 0.758. The minimum Gasteiger partial charge on any atom is -0.497 e. The van der Waals surface area contributed by atoms with E-state index in [1.807, 2.05) is 38.1 Å². The molecule has 5 nitrogen and oxygen atoms in total. The first-order chi connectivity index (χ1) is 13.1. The monoisotopic (exact) mass is 361 g/mol. The molecule has 27 heavy (non-hydrogen) atoms. The molecule has 0 aliphatic heterocycles. The Bertz CT molecular complexity index is 1030. The van der Waals surface area contributed by atoms with Crippen LogP contribution in [-0.2, 0) is 12.8 Å². The summed E-state index contributed by atoms with van der Waals surface area (Å²) in [6.45, 7) is 3.85. The smallest absolute Gasteiger partial charge is 0.280 e. The highest BCUT2D eigenvalue weighted by atomic mass is 16.5. The van der Waals surface area contributed by atoms with Crippen molar-refractivity contribution in [2.24, 2.45) is 4.99 Å². The third kappa shape index (κ3) is 3.21. The number of aryl methyl sites for hydroxylation is 1. The van der Waals surface area contributed by atoms with Crippen molar-refractivity contribution in [2.45, 2.75) is 32.7 Å². The lowest BCUT2D eigenvalue weighted by atomic mass is 10.1. The molecule has 3 aromatic rings. The minimum absolute atomic E-state index is 0.0746. The number of hydrogen-bond acceptors (Lipinski definition) is 3. The molecule has 1 heterocycles. The van der Waals surface area contributed by atoms with Crippen molar-refractivity contribution >= 4 is 5.71 Å². The van der Waals surface area contributed by atoms with E-state index in [4.69, 9.17) is 9.73 Å². The number of nitrogens with zero attached hydrogens (tertiary/aromatic N) is 2. The van der Waals surface area contributed by atoms with Gasteiger partial charge in [-0.05, 0) is 62.1 Å². The second-order valence-corrected chi connectivity index (χ2v) is 7.00. The summed E-state index contributed by atoms with van der Waals surface area (Å²) >= 11 is 0. The summed E-state index contributed by atoms with van der Waals surface area (Å²) in [5, 5.41) is 3.17. The number of aromatic nitrogens is 2. The average Bonchev–Trinajstić information content (AvgIpc) is 3.21. The molecule has 1 aliphatic carbocycles. The Kier molecular flexibility index (Phi) is 4.44. The molecule has 1 N–H and O–H groups in total. The van der Waals surface area contributed by atoms with Gasteiger partial charge < -0.3 is 4.74 Å². The van der Waals surface area contributed by atoms with Crippen LogP contribution in [0.3, 0.4) is 0 Å². The number of rotatable bonds is 4. The number of aliphatic imine (C=N–C) groups is 1. The largest absolute Gasteiger partial charge is 0.497 e. The number of fused-ring (bicyclic) bond motifs is 1. The molecular weight excluding hydrogens is 338 g/mol. The Hall–Kier alpha value is -3.08. The second-order valence-electron chi connectivity index (χ2n) is 7.00. The van der Waals surface area contributed by atoms with Gasteiger partial charge in [-0.2, -0.15) is 0 Å². The molecule has 0 saturated carbocycles. The maximum atomic E-state index is 13.0. The standard InChI is InChI=1S/C22H23N3O2/c1-14(23-18-12-16-6-4-5-7-17(16)13-18)21-15(2)24-25(22(21)26)19-8-10-20(27-3)11-9-19/h4-11,18,24H,12-13H2,1-3H3. The molecule has 0 fully saturated rings. The Balaban J connectivity index is 1.64. The van der Waals surface area contributed by atoms with Crippen LogP contribution in [0.1, 0.15) is 29.3 Å². The summed E-state index contributed by atoms with van der Waals surface area (Å²) in [7, 11) is 1.62. The topological polar surface area (TPSA) is 59.4 Å². The van der Waals surface area contributed by atoms with Gasteiger partial charge in [0.25, 0.3) is 5.56 Å². The van der Waals surface area contributed by atoms with Gasteiger partial charge in [-0.25, -0.2) is 4.68 Å². The van der Waals surface area contributed by atoms with Crippen LogP contribution in [0.4, 0.5) is 0 Å². The molecular formula is C22H23N3O2. The molecule has 4 rings (SSSR count). The zero-order valence-electron chi connectivity index (χ0n) is 15.8. The van der Waals surface area contributed by atoms with Gasteiger partial charge in [0.1, 0.15) is 5.75 Å². The van der Waals surface area contributed by atoms with E-state index in [9.17, 15) is 4.79 Å². The molecule has 0 unspecified atom stereocenters. The molecule has 0 radical (unpaired) electrons. The zero-order valence-corrected chi connectivity index (χ0v) is 15.8. The number of aromatic amines is 1. The predicted octanol–water partition coefficient (Wildman–Crippen LogP) is 3.46.